The number of rotatable bonds is 0. The molecule has 0 bridgehead atoms. The molecule has 1 nitrogen and oxygen atoms in total. The number of alkyl halides is 3. The standard InChI is InChI=1S/C7H5F3O/c8-7(9,10)4-2-1-3-5-6(4)11-5/h1-3,5-6H. The Bertz CT molecular complexity index is 239. The van der Waals surface area contributed by atoms with Crippen LogP contribution in [0.4, 0.5) is 13.2 Å². The van der Waals surface area contributed by atoms with Crippen molar-refractivity contribution < 1.29 is 17.9 Å². The maximum Gasteiger partial charge on any atom is 0.415 e. The molecule has 0 radical (unpaired) electrons. The summed E-state index contributed by atoms with van der Waals surface area (Å²) < 4.78 is 40.9. The lowest BCUT2D eigenvalue weighted by Gasteiger charge is -2.09. The molecule has 0 N–H and O–H groups in total. The molecule has 1 fully saturated rings. The average Bonchev–Trinajstić information content (AvgIpc) is 2.60. The smallest absolute Gasteiger partial charge is 0.360 e. The van der Waals surface area contributed by atoms with Crippen molar-refractivity contribution in [1.82, 2.24) is 0 Å². The van der Waals surface area contributed by atoms with Gasteiger partial charge in [-0.1, -0.05) is 18.2 Å². The first kappa shape index (κ1) is 6.91. The Labute approximate surface area is 61.1 Å². The molecule has 2 atom stereocenters. The number of halogens is 3. The summed E-state index contributed by atoms with van der Waals surface area (Å²) in [5.74, 6) is 0. The van der Waals surface area contributed by atoms with Crippen LogP contribution in [0.15, 0.2) is 23.8 Å². The molecule has 1 saturated heterocycles. The van der Waals surface area contributed by atoms with E-state index in [4.69, 9.17) is 4.74 Å². The van der Waals surface area contributed by atoms with Gasteiger partial charge in [-0.2, -0.15) is 13.2 Å². The Morgan fingerprint density at radius 2 is 2.09 bits per heavy atom. The fourth-order valence-corrected chi connectivity index (χ4v) is 1.14. The van der Waals surface area contributed by atoms with Crippen LogP contribution >= 0.6 is 0 Å². The van der Waals surface area contributed by atoms with E-state index in [-0.39, 0.29) is 6.10 Å². The average molecular weight is 162 g/mol. The van der Waals surface area contributed by atoms with Crippen molar-refractivity contribution in [3.05, 3.63) is 23.8 Å². The molecule has 2 rings (SSSR count). The molecule has 0 spiro atoms. The number of hydrogen-bond acceptors (Lipinski definition) is 1. The Balaban J connectivity index is 2.26. The highest BCUT2D eigenvalue weighted by atomic mass is 19.4. The summed E-state index contributed by atoms with van der Waals surface area (Å²) in [6.07, 6.45) is -1.20. The van der Waals surface area contributed by atoms with Crippen LogP contribution in [0.25, 0.3) is 0 Å². The van der Waals surface area contributed by atoms with Crippen molar-refractivity contribution in [3.8, 4) is 0 Å². The van der Waals surface area contributed by atoms with E-state index in [9.17, 15) is 13.2 Å². The van der Waals surface area contributed by atoms with Crippen molar-refractivity contribution >= 4 is 0 Å². The molecule has 2 aliphatic rings. The lowest BCUT2D eigenvalue weighted by atomic mass is 10.1. The van der Waals surface area contributed by atoms with Gasteiger partial charge in [0.05, 0.1) is 5.57 Å². The van der Waals surface area contributed by atoms with Gasteiger partial charge in [0.2, 0.25) is 0 Å². The van der Waals surface area contributed by atoms with Crippen LogP contribution in [0.5, 0.6) is 0 Å². The fraction of sp³-hybridized carbons (Fsp3) is 0.429. The summed E-state index contributed by atoms with van der Waals surface area (Å²) in [6, 6.07) is 0. The van der Waals surface area contributed by atoms with E-state index in [1.807, 2.05) is 0 Å². The highest BCUT2D eigenvalue weighted by Gasteiger charge is 2.51. The third-order valence-electron chi connectivity index (χ3n) is 1.74. The third-order valence-corrected chi connectivity index (χ3v) is 1.74. The zero-order valence-corrected chi connectivity index (χ0v) is 5.43. The molecule has 1 aliphatic heterocycles. The molecule has 4 heteroatoms. The Hall–Kier alpha value is -0.770. The van der Waals surface area contributed by atoms with Gasteiger partial charge < -0.3 is 4.74 Å². The minimum atomic E-state index is -4.23. The Kier molecular flexibility index (Phi) is 1.18. The van der Waals surface area contributed by atoms with E-state index >= 15 is 0 Å². The van der Waals surface area contributed by atoms with Gasteiger partial charge in [0.1, 0.15) is 12.2 Å². The quantitative estimate of drug-likeness (QED) is 0.495. The largest absolute Gasteiger partial charge is 0.415 e. The highest BCUT2D eigenvalue weighted by Crippen LogP contribution is 2.41. The molecular formula is C7H5F3O. The van der Waals surface area contributed by atoms with Gasteiger partial charge in [0.25, 0.3) is 0 Å². The molecule has 0 saturated carbocycles. The minimum Gasteiger partial charge on any atom is -0.360 e. The zero-order chi connectivity index (χ0) is 8.06. The molecule has 11 heavy (non-hydrogen) atoms. The molecule has 0 aromatic rings. The first-order valence-corrected chi connectivity index (χ1v) is 3.20. The number of ether oxygens (including phenoxy) is 1. The van der Waals surface area contributed by atoms with Crippen LogP contribution in [-0.4, -0.2) is 18.4 Å². The van der Waals surface area contributed by atoms with Crippen molar-refractivity contribution in [2.24, 2.45) is 0 Å². The van der Waals surface area contributed by atoms with E-state index < -0.39 is 17.9 Å². The van der Waals surface area contributed by atoms with Gasteiger partial charge in [-0.15, -0.1) is 0 Å². The molecule has 0 aromatic heterocycles. The van der Waals surface area contributed by atoms with Crippen LogP contribution in [0.1, 0.15) is 0 Å². The van der Waals surface area contributed by atoms with E-state index in [0.717, 1.165) is 6.08 Å². The summed E-state index contributed by atoms with van der Waals surface area (Å²) in [4.78, 5) is 0. The number of fused-ring (bicyclic) bond motifs is 1. The Morgan fingerprint density at radius 3 is 2.64 bits per heavy atom. The van der Waals surface area contributed by atoms with Crippen LogP contribution in [0, 0.1) is 0 Å². The Morgan fingerprint density at radius 1 is 1.36 bits per heavy atom. The zero-order valence-electron chi connectivity index (χ0n) is 5.43. The molecule has 0 amide bonds. The van der Waals surface area contributed by atoms with Crippen molar-refractivity contribution in [2.45, 2.75) is 18.4 Å². The lowest BCUT2D eigenvalue weighted by molar-refractivity contribution is -0.0954. The fourth-order valence-electron chi connectivity index (χ4n) is 1.14. The summed E-state index contributed by atoms with van der Waals surface area (Å²) in [5.41, 5.74) is -0.565. The summed E-state index contributed by atoms with van der Waals surface area (Å²) >= 11 is 0. The van der Waals surface area contributed by atoms with Gasteiger partial charge in [0.15, 0.2) is 0 Å². The van der Waals surface area contributed by atoms with Crippen molar-refractivity contribution in [1.29, 1.82) is 0 Å². The predicted molar refractivity (Wildman–Crippen MR) is 31.9 cm³/mol. The molecular weight excluding hydrogens is 157 g/mol. The molecule has 0 aromatic carbocycles. The van der Waals surface area contributed by atoms with Crippen LogP contribution in [-0.2, 0) is 4.74 Å². The number of hydrogen-bond donors (Lipinski definition) is 0. The van der Waals surface area contributed by atoms with E-state index in [2.05, 4.69) is 0 Å². The molecule has 60 valence electrons. The van der Waals surface area contributed by atoms with Crippen LogP contribution in [0.2, 0.25) is 0 Å². The first-order chi connectivity index (χ1) is 5.09. The van der Waals surface area contributed by atoms with Crippen LogP contribution < -0.4 is 0 Å². The summed E-state index contributed by atoms with van der Waals surface area (Å²) in [7, 11) is 0. The van der Waals surface area contributed by atoms with Gasteiger partial charge in [0, 0.05) is 0 Å². The van der Waals surface area contributed by atoms with E-state index in [0.29, 0.717) is 0 Å². The highest BCUT2D eigenvalue weighted by molar-refractivity contribution is 5.34. The predicted octanol–water partition coefficient (Wildman–Crippen LogP) is 1.81. The summed E-state index contributed by atoms with van der Waals surface area (Å²) in [6.45, 7) is 0. The topological polar surface area (TPSA) is 12.5 Å². The molecule has 1 aliphatic carbocycles. The summed E-state index contributed by atoms with van der Waals surface area (Å²) in [5, 5.41) is 0. The maximum absolute atomic E-state index is 12.0. The third kappa shape index (κ3) is 1.07. The monoisotopic (exact) mass is 162 g/mol. The van der Waals surface area contributed by atoms with Gasteiger partial charge in [-0.05, 0) is 0 Å². The van der Waals surface area contributed by atoms with Crippen LogP contribution in [0.3, 0.4) is 0 Å². The van der Waals surface area contributed by atoms with Gasteiger partial charge >= 0.3 is 6.18 Å². The second-order valence-electron chi connectivity index (χ2n) is 2.53. The minimum absolute atomic E-state index is 0.323. The van der Waals surface area contributed by atoms with E-state index in [1.165, 1.54) is 6.08 Å². The number of allylic oxidation sites excluding steroid dienone is 2. The SMILES string of the molecule is FC(F)(F)C1=CC=CC2OC12. The lowest BCUT2D eigenvalue weighted by Crippen LogP contribution is -2.18. The molecule has 2 unspecified atom stereocenters. The normalized spacial score (nSPS) is 34.6. The second-order valence-corrected chi connectivity index (χ2v) is 2.53. The molecule has 1 heterocycles. The second kappa shape index (κ2) is 1.88. The number of epoxide rings is 1. The van der Waals surface area contributed by atoms with Crippen molar-refractivity contribution in [2.75, 3.05) is 0 Å². The maximum atomic E-state index is 12.0. The van der Waals surface area contributed by atoms with Gasteiger partial charge in [-0.25, -0.2) is 0 Å². The van der Waals surface area contributed by atoms with Crippen molar-refractivity contribution in [3.63, 3.8) is 0 Å². The van der Waals surface area contributed by atoms with E-state index in [1.54, 1.807) is 6.08 Å². The van der Waals surface area contributed by atoms with Gasteiger partial charge in [-0.3, -0.25) is 0 Å². The first-order valence-electron chi connectivity index (χ1n) is 3.20.